The molecule has 0 spiro atoms. The molecule has 0 amide bonds. The van der Waals surface area contributed by atoms with Crippen LogP contribution in [-0.4, -0.2) is 51.6 Å². The first-order valence-corrected chi connectivity index (χ1v) is 10.3. The molecule has 27 heavy (non-hydrogen) atoms. The number of rotatable bonds is 2. The maximum atomic E-state index is 11.0. The van der Waals surface area contributed by atoms with Crippen molar-refractivity contribution >= 4 is 21.3 Å². The van der Waals surface area contributed by atoms with Crippen LogP contribution in [0.15, 0.2) is 48.2 Å². The number of aliphatic hydroxyl groups excluding tert-OH is 1. The zero-order valence-corrected chi connectivity index (χ0v) is 15.9. The molecule has 8 heteroatoms. The number of hydrogen-bond acceptors (Lipinski definition) is 5. The number of benzene rings is 1. The van der Waals surface area contributed by atoms with E-state index in [1.807, 2.05) is 30.5 Å². The summed E-state index contributed by atoms with van der Waals surface area (Å²) in [5.74, 6) is 0.655. The Balaban J connectivity index is 0.000000376. The summed E-state index contributed by atoms with van der Waals surface area (Å²) in [5.41, 5.74) is 3.53. The minimum absolute atomic E-state index is 0.230. The number of para-hydroxylation sites is 1. The monoisotopic (exact) mass is 392 g/mol. The van der Waals surface area contributed by atoms with Crippen LogP contribution in [0.2, 0.25) is 0 Å². The molecule has 0 radical (unpaired) electrons. The van der Waals surface area contributed by atoms with Gasteiger partial charge in [-0.3, -0.25) is 19.0 Å². The van der Waals surface area contributed by atoms with E-state index in [0.717, 1.165) is 36.0 Å². The van der Waals surface area contributed by atoms with Crippen LogP contribution in [0.1, 0.15) is 31.4 Å². The van der Waals surface area contributed by atoms with Gasteiger partial charge in [0, 0.05) is 24.2 Å². The average molecular weight is 392 g/mol. The van der Waals surface area contributed by atoms with Crippen molar-refractivity contribution < 1.29 is 22.6 Å². The topological polar surface area (TPSA) is 111 Å². The van der Waals surface area contributed by atoms with Crippen LogP contribution < -0.4 is 0 Å². The molecule has 2 bridgehead atoms. The third-order valence-electron chi connectivity index (χ3n) is 5.41. The Morgan fingerprint density at radius 3 is 2.59 bits per heavy atom. The van der Waals surface area contributed by atoms with Gasteiger partial charge in [-0.15, -0.1) is 0 Å². The number of aliphatic hydroxyl groups is 1. The number of allylic oxidation sites excluding steroid dienone is 1. The van der Waals surface area contributed by atoms with Gasteiger partial charge in [-0.05, 0) is 49.9 Å². The molecular weight excluding hydrogens is 368 g/mol. The minimum atomic E-state index is -4.67. The SMILES string of the molecule is C/C=C1\CN2CC[C@H]1CC2[C@@H](O)c1ccnc2ccccc12.O=S(=O)(O)O. The molecular formula is C19H24N2O5S. The molecule has 0 saturated carbocycles. The van der Waals surface area contributed by atoms with E-state index in [1.165, 1.54) is 6.42 Å². The van der Waals surface area contributed by atoms with Crippen LogP contribution in [0, 0.1) is 5.92 Å². The number of pyridine rings is 1. The molecule has 5 rings (SSSR count). The smallest absolute Gasteiger partial charge is 0.387 e. The fourth-order valence-electron chi connectivity index (χ4n) is 4.18. The Bertz CT molecular complexity index is 931. The normalized spacial score (nSPS) is 27.3. The second-order valence-corrected chi connectivity index (χ2v) is 7.83. The zero-order valence-electron chi connectivity index (χ0n) is 15.1. The van der Waals surface area contributed by atoms with E-state index < -0.39 is 16.5 Å². The third kappa shape index (κ3) is 4.72. The third-order valence-corrected chi connectivity index (χ3v) is 5.41. The lowest BCUT2D eigenvalue weighted by molar-refractivity contribution is -0.00340. The molecule has 4 heterocycles. The van der Waals surface area contributed by atoms with Crippen molar-refractivity contribution in [3.05, 3.63) is 53.7 Å². The van der Waals surface area contributed by atoms with Gasteiger partial charge in [-0.1, -0.05) is 29.8 Å². The quantitative estimate of drug-likeness (QED) is 0.532. The maximum Gasteiger partial charge on any atom is 0.394 e. The van der Waals surface area contributed by atoms with E-state index in [1.54, 1.807) is 5.57 Å². The van der Waals surface area contributed by atoms with Crippen LogP contribution in [0.4, 0.5) is 0 Å². The summed E-state index contributed by atoms with van der Waals surface area (Å²) >= 11 is 0. The molecule has 3 saturated heterocycles. The first kappa shape index (κ1) is 19.9. The summed E-state index contributed by atoms with van der Waals surface area (Å²) in [7, 11) is -4.67. The fraction of sp³-hybridized carbons (Fsp3) is 0.421. The summed E-state index contributed by atoms with van der Waals surface area (Å²) in [4.78, 5) is 6.86. The average Bonchev–Trinajstić information content (AvgIpc) is 2.66. The Morgan fingerprint density at radius 1 is 1.26 bits per heavy atom. The molecule has 3 fully saturated rings. The Hall–Kier alpha value is -1.84. The van der Waals surface area contributed by atoms with E-state index in [-0.39, 0.29) is 6.04 Å². The number of piperidine rings is 3. The molecule has 146 valence electrons. The van der Waals surface area contributed by atoms with Crippen molar-refractivity contribution in [1.82, 2.24) is 9.88 Å². The predicted octanol–water partition coefficient (Wildman–Crippen LogP) is 2.66. The maximum absolute atomic E-state index is 11.0. The number of aromatic nitrogens is 1. The van der Waals surface area contributed by atoms with E-state index in [4.69, 9.17) is 17.5 Å². The van der Waals surface area contributed by atoms with E-state index in [9.17, 15) is 5.11 Å². The van der Waals surface area contributed by atoms with Crippen LogP contribution >= 0.6 is 0 Å². The van der Waals surface area contributed by atoms with Gasteiger partial charge in [0.1, 0.15) is 0 Å². The van der Waals surface area contributed by atoms with Crippen molar-refractivity contribution in [3.8, 4) is 0 Å². The molecule has 1 aromatic carbocycles. The van der Waals surface area contributed by atoms with Gasteiger partial charge < -0.3 is 5.11 Å². The predicted molar refractivity (Wildman–Crippen MR) is 103 cm³/mol. The minimum Gasteiger partial charge on any atom is -0.387 e. The van der Waals surface area contributed by atoms with Gasteiger partial charge in [0.05, 0.1) is 11.6 Å². The Labute approximate surface area is 158 Å². The second kappa shape index (κ2) is 8.04. The summed E-state index contributed by atoms with van der Waals surface area (Å²) in [6.07, 6.45) is 5.95. The van der Waals surface area contributed by atoms with Gasteiger partial charge in [0.15, 0.2) is 0 Å². The van der Waals surface area contributed by atoms with Crippen molar-refractivity contribution in [1.29, 1.82) is 0 Å². The van der Waals surface area contributed by atoms with Crippen molar-refractivity contribution in [2.24, 2.45) is 5.92 Å². The lowest BCUT2D eigenvalue weighted by atomic mass is 9.76. The van der Waals surface area contributed by atoms with Gasteiger partial charge >= 0.3 is 10.4 Å². The van der Waals surface area contributed by atoms with Crippen LogP contribution in [0.3, 0.4) is 0 Å². The molecule has 0 aliphatic carbocycles. The Kier molecular flexibility index (Phi) is 5.92. The molecule has 2 unspecified atom stereocenters. The second-order valence-electron chi connectivity index (χ2n) is 6.93. The fourth-order valence-corrected chi connectivity index (χ4v) is 4.18. The molecule has 3 N–H and O–H groups in total. The Morgan fingerprint density at radius 2 is 1.96 bits per heavy atom. The number of fused-ring (bicyclic) bond motifs is 4. The molecule has 3 aliphatic rings. The number of nitrogens with zero attached hydrogens (tertiary/aromatic N) is 2. The largest absolute Gasteiger partial charge is 0.394 e. The van der Waals surface area contributed by atoms with E-state index >= 15 is 0 Å². The van der Waals surface area contributed by atoms with Crippen molar-refractivity contribution in [3.63, 3.8) is 0 Å². The first-order valence-electron chi connectivity index (χ1n) is 8.88. The summed E-state index contributed by atoms with van der Waals surface area (Å²) < 4.78 is 31.6. The molecule has 1 aromatic heterocycles. The molecule has 3 aliphatic heterocycles. The van der Waals surface area contributed by atoms with Crippen molar-refractivity contribution in [2.45, 2.75) is 31.9 Å². The van der Waals surface area contributed by atoms with Gasteiger partial charge in [0.25, 0.3) is 0 Å². The van der Waals surface area contributed by atoms with Gasteiger partial charge in [-0.2, -0.15) is 8.42 Å². The summed E-state index contributed by atoms with van der Waals surface area (Å²) in [6.45, 7) is 4.26. The number of hydrogen-bond donors (Lipinski definition) is 3. The molecule has 2 aromatic rings. The van der Waals surface area contributed by atoms with Crippen molar-refractivity contribution in [2.75, 3.05) is 13.1 Å². The molecule has 7 nitrogen and oxygen atoms in total. The lowest BCUT2D eigenvalue weighted by Crippen LogP contribution is -2.52. The highest BCUT2D eigenvalue weighted by Crippen LogP contribution is 2.41. The van der Waals surface area contributed by atoms with Crippen LogP contribution in [0.25, 0.3) is 10.9 Å². The summed E-state index contributed by atoms with van der Waals surface area (Å²) in [5, 5.41) is 12.1. The highest BCUT2D eigenvalue weighted by Gasteiger charge is 2.40. The van der Waals surface area contributed by atoms with Crippen LogP contribution in [0.5, 0.6) is 0 Å². The highest BCUT2D eigenvalue weighted by molar-refractivity contribution is 7.79. The van der Waals surface area contributed by atoms with Gasteiger partial charge in [0.2, 0.25) is 0 Å². The van der Waals surface area contributed by atoms with E-state index in [2.05, 4.69) is 29.0 Å². The molecule has 4 atom stereocenters. The first-order chi connectivity index (χ1) is 12.8. The summed E-state index contributed by atoms with van der Waals surface area (Å²) in [6, 6.07) is 10.3. The highest BCUT2D eigenvalue weighted by atomic mass is 32.3. The van der Waals surface area contributed by atoms with E-state index in [0.29, 0.717) is 5.92 Å². The van der Waals surface area contributed by atoms with Crippen LogP contribution in [-0.2, 0) is 10.4 Å². The van der Waals surface area contributed by atoms with Gasteiger partial charge in [-0.25, -0.2) is 0 Å². The standard InChI is InChI=1S/C19H22N2O.H2O4S/c1-2-13-12-21-10-8-14(13)11-18(21)19(22)16-7-9-20-17-6-4-3-5-15(16)17;1-5(2,3)4/h2-7,9,14,18-19,22H,8,10-12H2,1H3;(H2,1,2,3,4)/b13-2+;/t14-,18?,19-;/m0./s1. The lowest BCUT2D eigenvalue weighted by Gasteiger charge is -2.48. The zero-order chi connectivity index (χ0) is 19.6.